The summed E-state index contributed by atoms with van der Waals surface area (Å²) in [6.45, 7) is 7.87. The average molecular weight is 423 g/mol. The maximum atomic E-state index is 13.0. The molecule has 0 atom stereocenters. The van der Waals surface area contributed by atoms with Crippen LogP contribution in [0.25, 0.3) is 0 Å². The lowest BCUT2D eigenvalue weighted by molar-refractivity contribution is 0.0950. The minimum absolute atomic E-state index is 0.0898. The zero-order chi connectivity index (χ0) is 21.9. The molecule has 1 amide bonds. The molecule has 3 aromatic carbocycles. The number of carbonyl (C=O) groups is 1. The number of hydrogen-bond acceptors (Lipinski definition) is 3. The average Bonchev–Trinajstić information content (AvgIpc) is 2.70. The van der Waals surface area contributed by atoms with Crippen LogP contribution in [0.2, 0.25) is 0 Å². The second-order valence-electron chi connectivity index (χ2n) is 7.44. The lowest BCUT2D eigenvalue weighted by atomic mass is 10.1. The maximum absolute atomic E-state index is 13.0. The molecule has 156 valence electrons. The van der Waals surface area contributed by atoms with Crippen LogP contribution in [0, 0.1) is 27.7 Å². The fourth-order valence-electron chi connectivity index (χ4n) is 3.18. The Balaban J connectivity index is 1.84. The first-order chi connectivity index (χ1) is 14.2. The molecule has 0 aliphatic rings. The molecule has 0 spiro atoms. The lowest BCUT2D eigenvalue weighted by Crippen LogP contribution is -2.24. The summed E-state index contributed by atoms with van der Waals surface area (Å²) in [5.41, 5.74) is 5.37. The highest BCUT2D eigenvalue weighted by atomic mass is 32.2. The highest BCUT2D eigenvalue weighted by Crippen LogP contribution is 2.24. The summed E-state index contributed by atoms with van der Waals surface area (Å²) in [6, 6.07) is 18.0. The number of rotatable bonds is 6. The van der Waals surface area contributed by atoms with E-state index in [1.54, 1.807) is 25.1 Å². The van der Waals surface area contributed by atoms with Crippen LogP contribution in [0.3, 0.4) is 0 Å². The Morgan fingerprint density at radius 3 is 2.27 bits per heavy atom. The Morgan fingerprint density at radius 1 is 0.833 bits per heavy atom. The van der Waals surface area contributed by atoms with Gasteiger partial charge in [0.25, 0.3) is 15.9 Å². The van der Waals surface area contributed by atoms with Crippen molar-refractivity contribution < 1.29 is 13.2 Å². The zero-order valence-corrected chi connectivity index (χ0v) is 18.4. The van der Waals surface area contributed by atoms with E-state index in [0.29, 0.717) is 23.4 Å². The Hall–Kier alpha value is -3.12. The normalized spacial score (nSPS) is 11.2. The van der Waals surface area contributed by atoms with Crippen LogP contribution < -0.4 is 10.0 Å². The van der Waals surface area contributed by atoms with Gasteiger partial charge in [0.15, 0.2) is 0 Å². The van der Waals surface area contributed by atoms with E-state index in [9.17, 15) is 13.2 Å². The summed E-state index contributed by atoms with van der Waals surface area (Å²) < 4.78 is 28.7. The van der Waals surface area contributed by atoms with Gasteiger partial charge in [0, 0.05) is 12.1 Å². The SMILES string of the molecule is Cc1ccccc1CNC(=O)c1ccc(C)c(S(=O)(=O)Nc2cccc(C)c2C)c1. The molecule has 2 N–H and O–H groups in total. The summed E-state index contributed by atoms with van der Waals surface area (Å²) in [5.74, 6) is -0.318. The first-order valence-electron chi connectivity index (χ1n) is 9.71. The minimum Gasteiger partial charge on any atom is -0.348 e. The summed E-state index contributed by atoms with van der Waals surface area (Å²) >= 11 is 0. The molecule has 3 aromatic rings. The number of nitrogens with one attached hydrogen (secondary N) is 2. The Morgan fingerprint density at radius 2 is 1.53 bits per heavy atom. The van der Waals surface area contributed by atoms with Gasteiger partial charge in [-0.1, -0.05) is 42.5 Å². The van der Waals surface area contributed by atoms with E-state index < -0.39 is 10.0 Å². The van der Waals surface area contributed by atoms with E-state index >= 15 is 0 Å². The van der Waals surface area contributed by atoms with Crippen molar-refractivity contribution in [2.24, 2.45) is 0 Å². The molecular weight excluding hydrogens is 396 g/mol. The predicted molar refractivity (Wildman–Crippen MR) is 120 cm³/mol. The van der Waals surface area contributed by atoms with Gasteiger partial charge in [-0.05, 0) is 73.7 Å². The monoisotopic (exact) mass is 422 g/mol. The van der Waals surface area contributed by atoms with Gasteiger partial charge in [0.2, 0.25) is 0 Å². The molecule has 0 aliphatic heterocycles. The van der Waals surface area contributed by atoms with Gasteiger partial charge in [-0.15, -0.1) is 0 Å². The molecule has 0 aliphatic carbocycles. The van der Waals surface area contributed by atoms with Crippen molar-refractivity contribution in [1.82, 2.24) is 5.32 Å². The van der Waals surface area contributed by atoms with Crippen molar-refractivity contribution >= 4 is 21.6 Å². The summed E-state index contributed by atoms with van der Waals surface area (Å²) in [7, 11) is -3.84. The molecule has 6 heteroatoms. The van der Waals surface area contributed by atoms with E-state index in [2.05, 4.69) is 10.0 Å². The van der Waals surface area contributed by atoms with E-state index in [1.807, 2.05) is 57.2 Å². The van der Waals surface area contributed by atoms with Crippen LogP contribution >= 0.6 is 0 Å². The summed E-state index contributed by atoms with van der Waals surface area (Å²) in [4.78, 5) is 12.7. The van der Waals surface area contributed by atoms with E-state index in [0.717, 1.165) is 22.3 Å². The van der Waals surface area contributed by atoms with Crippen molar-refractivity contribution in [3.63, 3.8) is 0 Å². The first-order valence-corrected chi connectivity index (χ1v) is 11.2. The third-order valence-electron chi connectivity index (χ3n) is 5.29. The number of hydrogen-bond donors (Lipinski definition) is 2. The third-order valence-corrected chi connectivity index (χ3v) is 6.80. The molecule has 0 aromatic heterocycles. The van der Waals surface area contributed by atoms with Gasteiger partial charge in [-0.2, -0.15) is 0 Å². The molecule has 0 bridgehead atoms. The van der Waals surface area contributed by atoms with E-state index in [-0.39, 0.29) is 10.8 Å². The molecule has 0 saturated heterocycles. The van der Waals surface area contributed by atoms with Gasteiger partial charge in [0.1, 0.15) is 0 Å². The van der Waals surface area contributed by atoms with Crippen molar-refractivity contribution in [2.75, 3.05) is 4.72 Å². The molecule has 0 radical (unpaired) electrons. The van der Waals surface area contributed by atoms with Gasteiger partial charge in [-0.3, -0.25) is 9.52 Å². The van der Waals surface area contributed by atoms with Gasteiger partial charge < -0.3 is 5.32 Å². The standard InChI is InChI=1S/C24H26N2O3S/c1-16-9-7-11-22(19(16)4)26-30(28,29)23-14-20(13-12-18(23)3)24(27)25-15-21-10-6-5-8-17(21)2/h5-14,26H,15H2,1-4H3,(H,25,27). The van der Waals surface area contributed by atoms with Crippen molar-refractivity contribution in [3.8, 4) is 0 Å². The number of benzene rings is 3. The van der Waals surface area contributed by atoms with Gasteiger partial charge >= 0.3 is 0 Å². The maximum Gasteiger partial charge on any atom is 0.262 e. The molecule has 5 nitrogen and oxygen atoms in total. The van der Waals surface area contributed by atoms with Crippen LogP contribution in [0.15, 0.2) is 65.6 Å². The van der Waals surface area contributed by atoms with Crippen molar-refractivity contribution in [3.05, 3.63) is 94.0 Å². The highest BCUT2D eigenvalue weighted by molar-refractivity contribution is 7.92. The van der Waals surface area contributed by atoms with Gasteiger partial charge in [0.05, 0.1) is 10.6 Å². The Labute approximate surface area is 178 Å². The number of carbonyl (C=O) groups excluding carboxylic acids is 1. The highest BCUT2D eigenvalue weighted by Gasteiger charge is 2.20. The molecule has 0 saturated carbocycles. The molecule has 0 fully saturated rings. The zero-order valence-electron chi connectivity index (χ0n) is 17.6. The van der Waals surface area contributed by atoms with E-state index in [1.165, 1.54) is 6.07 Å². The van der Waals surface area contributed by atoms with Crippen LogP contribution in [-0.2, 0) is 16.6 Å². The number of anilines is 1. The number of sulfonamides is 1. The minimum atomic E-state index is -3.84. The number of amides is 1. The number of aryl methyl sites for hydroxylation is 3. The quantitative estimate of drug-likeness (QED) is 0.607. The van der Waals surface area contributed by atoms with Gasteiger partial charge in [-0.25, -0.2) is 8.42 Å². The molecule has 3 rings (SSSR count). The summed E-state index contributed by atoms with van der Waals surface area (Å²) in [6.07, 6.45) is 0. The lowest BCUT2D eigenvalue weighted by Gasteiger charge is -2.15. The first kappa shape index (κ1) is 21.6. The Bertz CT molecular complexity index is 1200. The third kappa shape index (κ3) is 4.71. The van der Waals surface area contributed by atoms with Crippen LogP contribution in [0.4, 0.5) is 5.69 Å². The van der Waals surface area contributed by atoms with Crippen LogP contribution in [-0.4, -0.2) is 14.3 Å². The fraction of sp³-hybridized carbons (Fsp3) is 0.208. The van der Waals surface area contributed by atoms with Crippen molar-refractivity contribution in [1.29, 1.82) is 0 Å². The van der Waals surface area contributed by atoms with Crippen molar-refractivity contribution in [2.45, 2.75) is 39.1 Å². The summed E-state index contributed by atoms with van der Waals surface area (Å²) in [5, 5.41) is 2.87. The molecule has 0 unspecified atom stereocenters. The topological polar surface area (TPSA) is 75.3 Å². The molecular formula is C24H26N2O3S. The molecule has 30 heavy (non-hydrogen) atoms. The fourth-order valence-corrected chi connectivity index (χ4v) is 4.57. The largest absolute Gasteiger partial charge is 0.348 e. The van der Waals surface area contributed by atoms with E-state index in [4.69, 9.17) is 0 Å². The smallest absolute Gasteiger partial charge is 0.262 e. The molecule has 0 heterocycles. The van der Waals surface area contributed by atoms with Crippen LogP contribution in [0.5, 0.6) is 0 Å². The Kier molecular flexibility index (Phi) is 6.27. The second kappa shape index (κ2) is 8.71. The second-order valence-corrected chi connectivity index (χ2v) is 9.09. The predicted octanol–water partition coefficient (Wildman–Crippen LogP) is 4.65. The van der Waals surface area contributed by atoms with Crippen LogP contribution in [0.1, 0.15) is 38.2 Å².